The minimum absolute atomic E-state index is 0.744. The number of aryl methyl sites for hydroxylation is 1. The standard InChI is InChI=1S/C17H21N5S/c1-19(10-14-9-18-20(2)11-14)13-22-12-16(21(3)17(22)23)15-7-5-4-6-8-15/h4-9,11-12H,10,13H2,1-3H3. The highest BCUT2D eigenvalue weighted by Crippen LogP contribution is 2.20. The van der Waals surface area contributed by atoms with E-state index in [-0.39, 0.29) is 0 Å². The highest BCUT2D eigenvalue weighted by atomic mass is 32.1. The Balaban J connectivity index is 1.79. The van der Waals surface area contributed by atoms with Gasteiger partial charge in [-0.15, -0.1) is 0 Å². The van der Waals surface area contributed by atoms with Gasteiger partial charge < -0.3 is 9.13 Å². The van der Waals surface area contributed by atoms with Crippen molar-refractivity contribution in [1.82, 2.24) is 23.8 Å². The van der Waals surface area contributed by atoms with Gasteiger partial charge in [0.2, 0.25) is 0 Å². The molecule has 0 saturated heterocycles. The van der Waals surface area contributed by atoms with Crippen LogP contribution in [0.3, 0.4) is 0 Å². The maximum atomic E-state index is 5.58. The summed E-state index contributed by atoms with van der Waals surface area (Å²) in [6, 6.07) is 10.3. The Morgan fingerprint density at radius 1 is 1.13 bits per heavy atom. The maximum Gasteiger partial charge on any atom is 0.181 e. The largest absolute Gasteiger partial charge is 0.320 e. The lowest BCUT2D eigenvalue weighted by Gasteiger charge is -2.16. The number of rotatable bonds is 5. The monoisotopic (exact) mass is 327 g/mol. The fraction of sp³-hybridized carbons (Fsp3) is 0.294. The number of nitrogens with zero attached hydrogens (tertiary/aromatic N) is 5. The van der Waals surface area contributed by atoms with Crippen LogP contribution >= 0.6 is 12.2 Å². The summed E-state index contributed by atoms with van der Waals surface area (Å²) in [6.07, 6.45) is 6.06. The van der Waals surface area contributed by atoms with Gasteiger partial charge in [0.05, 0.1) is 18.6 Å². The molecule has 0 saturated carbocycles. The van der Waals surface area contributed by atoms with Crippen LogP contribution < -0.4 is 0 Å². The molecule has 6 heteroatoms. The molecule has 0 radical (unpaired) electrons. The third-order valence-corrected chi connectivity index (χ3v) is 4.35. The van der Waals surface area contributed by atoms with E-state index in [9.17, 15) is 0 Å². The zero-order valence-corrected chi connectivity index (χ0v) is 14.5. The maximum absolute atomic E-state index is 5.58. The van der Waals surface area contributed by atoms with Gasteiger partial charge in [0.1, 0.15) is 0 Å². The predicted octanol–water partition coefficient (Wildman–Crippen LogP) is 3.05. The second-order valence-electron chi connectivity index (χ2n) is 5.87. The van der Waals surface area contributed by atoms with Crippen molar-refractivity contribution in [2.75, 3.05) is 7.05 Å². The molecule has 120 valence electrons. The second-order valence-corrected chi connectivity index (χ2v) is 6.23. The quantitative estimate of drug-likeness (QED) is 0.675. The van der Waals surface area contributed by atoms with Crippen LogP contribution in [0.1, 0.15) is 5.56 Å². The van der Waals surface area contributed by atoms with Crippen molar-refractivity contribution >= 4 is 12.2 Å². The van der Waals surface area contributed by atoms with Gasteiger partial charge in [0.25, 0.3) is 0 Å². The molecule has 1 aromatic carbocycles. The number of imidazole rings is 1. The highest BCUT2D eigenvalue weighted by molar-refractivity contribution is 7.71. The van der Waals surface area contributed by atoms with Crippen molar-refractivity contribution in [2.24, 2.45) is 14.1 Å². The van der Waals surface area contributed by atoms with E-state index in [2.05, 4.69) is 44.5 Å². The summed E-state index contributed by atoms with van der Waals surface area (Å²) in [5, 5.41) is 4.21. The molecule has 0 aliphatic rings. The summed E-state index contributed by atoms with van der Waals surface area (Å²) in [4.78, 5) is 2.22. The van der Waals surface area contributed by atoms with E-state index in [0.717, 1.165) is 23.7 Å². The molecule has 2 heterocycles. The lowest BCUT2D eigenvalue weighted by Crippen LogP contribution is -2.21. The molecular weight excluding hydrogens is 306 g/mol. The number of hydrogen-bond acceptors (Lipinski definition) is 3. The average Bonchev–Trinajstić information content (AvgIpc) is 3.06. The molecule has 0 fully saturated rings. The lowest BCUT2D eigenvalue weighted by atomic mass is 10.2. The molecule has 0 spiro atoms. The van der Waals surface area contributed by atoms with Gasteiger partial charge in [-0.2, -0.15) is 5.10 Å². The molecule has 0 aliphatic heterocycles. The molecule has 0 atom stereocenters. The van der Waals surface area contributed by atoms with E-state index < -0.39 is 0 Å². The fourth-order valence-electron chi connectivity index (χ4n) is 2.74. The number of hydrogen-bond donors (Lipinski definition) is 0. The van der Waals surface area contributed by atoms with Gasteiger partial charge in [-0.3, -0.25) is 9.58 Å². The Morgan fingerprint density at radius 3 is 2.52 bits per heavy atom. The van der Waals surface area contributed by atoms with Gasteiger partial charge in [-0.25, -0.2) is 0 Å². The van der Waals surface area contributed by atoms with E-state index in [0.29, 0.717) is 0 Å². The van der Waals surface area contributed by atoms with E-state index in [1.54, 1.807) is 0 Å². The van der Waals surface area contributed by atoms with Crippen LogP contribution in [-0.2, 0) is 27.3 Å². The third kappa shape index (κ3) is 3.43. The average molecular weight is 327 g/mol. The molecule has 0 bridgehead atoms. The predicted molar refractivity (Wildman–Crippen MR) is 94.3 cm³/mol. The minimum atomic E-state index is 0.744. The van der Waals surface area contributed by atoms with Crippen molar-refractivity contribution in [2.45, 2.75) is 13.2 Å². The molecule has 0 unspecified atom stereocenters. The van der Waals surface area contributed by atoms with Gasteiger partial charge in [-0.05, 0) is 24.8 Å². The Kier molecular flexibility index (Phi) is 4.45. The SMILES string of the molecule is CN(Cc1cnn(C)c1)Cn1cc(-c2ccccc2)n(C)c1=S. The molecule has 0 N–H and O–H groups in total. The Labute approximate surface area is 141 Å². The van der Waals surface area contributed by atoms with Crippen LogP contribution in [0.15, 0.2) is 48.9 Å². The molecular formula is C17H21N5S. The lowest BCUT2D eigenvalue weighted by molar-refractivity contribution is 0.258. The van der Waals surface area contributed by atoms with Gasteiger partial charge in [-0.1, -0.05) is 30.3 Å². The Hall–Kier alpha value is -2.18. The van der Waals surface area contributed by atoms with Crippen molar-refractivity contribution < 1.29 is 0 Å². The van der Waals surface area contributed by atoms with Gasteiger partial charge >= 0.3 is 0 Å². The topological polar surface area (TPSA) is 30.9 Å². The van der Waals surface area contributed by atoms with Gasteiger partial charge in [0.15, 0.2) is 4.77 Å². The minimum Gasteiger partial charge on any atom is -0.320 e. The van der Waals surface area contributed by atoms with E-state index in [1.807, 2.05) is 49.4 Å². The van der Waals surface area contributed by atoms with Crippen molar-refractivity contribution in [1.29, 1.82) is 0 Å². The first-order valence-corrected chi connectivity index (χ1v) is 7.93. The van der Waals surface area contributed by atoms with Crippen LogP contribution in [0, 0.1) is 4.77 Å². The van der Waals surface area contributed by atoms with Crippen LogP contribution in [-0.4, -0.2) is 30.9 Å². The number of benzene rings is 1. The summed E-state index contributed by atoms with van der Waals surface area (Å²) >= 11 is 5.58. The van der Waals surface area contributed by atoms with Crippen LogP contribution in [0.25, 0.3) is 11.3 Å². The molecule has 2 aromatic heterocycles. The van der Waals surface area contributed by atoms with Crippen molar-refractivity contribution in [3.63, 3.8) is 0 Å². The fourth-order valence-corrected chi connectivity index (χ4v) is 2.95. The van der Waals surface area contributed by atoms with E-state index in [1.165, 1.54) is 11.1 Å². The molecule has 0 amide bonds. The van der Waals surface area contributed by atoms with Crippen LogP contribution in [0.2, 0.25) is 0 Å². The first-order valence-electron chi connectivity index (χ1n) is 7.52. The summed E-state index contributed by atoms with van der Waals surface area (Å²) in [6.45, 7) is 1.58. The normalized spacial score (nSPS) is 11.3. The molecule has 3 rings (SSSR count). The summed E-state index contributed by atoms with van der Waals surface area (Å²) in [5.74, 6) is 0. The Bertz CT molecular complexity index is 843. The summed E-state index contributed by atoms with van der Waals surface area (Å²) in [5.41, 5.74) is 3.50. The summed E-state index contributed by atoms with van der Waals surface area (Å²) < 4.78 is 6.81. The molecule has 23 heavy (non-hydrogen) atoms. The molecule has 5 nitrogen and oxygen atoms in total. The molecule has 3 aromatic rings. The van der Waals surface area contributed by atoms with Crippen molar-refractivity contribution in [3.8, 4) is 11.3 Å². The first kappa shape index (κ1) is 15.7. The van der Waals surface area contributed by atoms with Crippen LogP contribution in [0.4, 0.5) is 0 Å². The zero-order chi connectivity index (χ0) is 16.4. The zero-order valence-electron chi connectivity index (χ0n) is 13.7. The second kappa shape index (κ2) is 6.52. The smallest absolute Gasteiger partial charge is 0.181 e. The van der Waals surface area contributed by atoms with E-state index in [4.69, 9.17) is 12.2 Å². The first-order chi connectivity index (χ1) is 11.0. The van der Waals surface area contributed by atoms with E-state index >= 15 is 0 Å². The van der Waals surface area contributed by atoms with Crippen molar-refractivity contribution in [3.05, 3.63) is 59.3 Å². The molecule has 0 aliphatic carbocycles. The number of aromatic nitrogens is 4. The summed E-state index contributed by atoms with van der Waals surface area (Å²) in [7, 11) is 6.04. The highest BCUT2D eigenvalue weighted by Gasteiger charge is 2.09. The Morgan fingerprint density at radius 2 is 1.87 bits per heavy atom. The van der Waals surface area contributed by atoms with Gasteiger partial charge in [0, 0.05) is 38.6 Å². The van der Waals surface area contributed by atoms with Crippen LogP contribution in [0.5, 0.6) is 0 Å². The third-order valence-electron chi connectivity index (χ3n) is 3.85.